The SMILES string of the molecule is CCNC(=O)CNc1ccc(Nc2nc(NCCCN(C)C)nc(=O)[nH]2)cc1SOOO. The lowest BCUT2D eigenvalue weighted by atomic mass is 10.2. The Bertz CT molecular complexity index is 926. The fourth-order valence-electron chi connectivity index (χ4n) is 2.56. The number of carbonyl (C=O) groups excluding carboxylic acids is 1. The number of rotatable bonds is 14. The third-order valence-electron chi connectivity index (χ3n) is 3.93. The van der Waals surface area contributed by atoms with Crippen LogP contribution in [0, 0.1) is 0 Å². The summed E-state index contributed by atoms with van der Waals surface area (Å²) in [5.41, 5.74) is 0.582. The Balaban J connectivity index is 2.10. The highest BCUT2D eigenvalue weighted by atomic mass is 32.2. The van der Waals surface area contributed by atoms with Crippen molar-refractivity contribution < 1.29 is 19.4 Å². The number of hydrogen-bond donors (Lipinski definition) is 6. The van der Waals surface area contributed by atoms with Crippen molar-refractivity contribution in [3.8, 4) is 0 Å². The molecule has 14 heteroatoms. The van der Waals surface area contributed by atoms with E-state index in [0.717, 1.165) is 25.0 Å². The van der Waals surface area contributed by atoms with Crippen molar-refractivity contribution in [3.63, 3.8) is 0 Å². The van der Waals surface area contributed by atoms with E-state index in [9.17, 15) is 9.59 Å². The van der Waals surface area contributed by atoms with Gasteiger partial charge in [-0.15, -0.1) is 4.33 Å². The van der Waals surface area contributed by atoms with Crippen LogP contribution in [0.4, 0.5) is 23.3 Å². The predicted octanol–water partition coefficient (Wildman–Crippen LogP) is 1.25. The van der Waals surface area contributed by atoms with Gasteiger partial charge >= 0.3 is 5.69 Å². The van der Waals surface area contributed by atoms with Gasteiger partial charge in [0.25, 0.3) is 0 Å². The van der Waals surface area contributed by atoms with Crippen LogP contribution in [0.25, 0.3) is 0 Å². The van der Waals surface area contributed by atoms with E-state index in [1.165, 1.54) is 0 Å². The molecule has 0 fully saturated rings. The van der Waals surface area contributed by atoms with Crippen LogP contribution in [0.2, 0.25) is 0 Å². The molecule has 0 aliphatic carbocycles. The molecule has 0 spiro atoms. The van der Waals surface area contributed by atoms with Crippen molar-refractivity contribution in [2.45, 2.75) is 18.2 Å². The molecule has 1 aromatic heterocycles. The Kier molecular flexibility index (Phi) is 10.7. The van der Waals surface area contributed by atoms with Crippen molar-refractivity contribution in [3.05, 3.63) is 28.7 Å². The van der Waals surface area contributed by atoms with Gasteiger partial charge in [-0.2, -0.15) is 9.97 Å². The largest absolute Gasteiger partial charge is 0.375 e. The number of amides is 1. The summed E-state index contributed by atoms with van der Waals surface area (Å²) in [6, 6.07) is 5.08. The Hall–Kier alpha value is -2.91. The first-order valence-corrected chi connectivity index (χ1v) is 10.6. The Morgan fingerprint density at radius 3 is 2.81 bits per heavy atom. The summed E-state index contributed by atoms with van der Waals surface area (Å²) in [4.78, 5) is 36.8. The maximum Gasteiger partial charge on any atom is 0.351 e. The van der Waals surface area contributed by atoms with Gasteiger partial charge in [-0.25, -0.2) is 10.1 Å². The number of carbonyl (C=O) groups is 1. The summed E-state index contributed by atoms with van der Waals surface area (Å²) in [6.45, 7) is 3.91. The number of benzene rings is 1. The molecular formula is C18H28N8O5S. The van der Waals surface area contributed by atoms with Gasteiger partial charge in [0.15, 0.2) is 0 Å². The van der Waals surface area contributed by atoms with Gasteiger partial charge in [0, 0.05) is 18.8 Å². The number of likely N-dealkylation sites (N-methyl/N-ethyl adjacent to an activating group) is 1. The van der Waals surface area contributed by atoms with Crippen LogP contribution in [0.5, 0.6) is 0 Å². The molecule has 0 bridgehead atoms. The fraction of sp³-hybridized carbons (Fsp3) is 0.444. The second kappa shape index (κ2) is 13.5. The minimum absolute atomic E-state index is 0.0518. The van der Waals surface area contributed by atoms with Gasteiger partial charge in [-0.05, 0) is 52.2 Å². The van der Waals surface area contributed by atoms with Gasteiger partial charge in [-0.1, -0.05) is 5.04 Å². The lowest BCUT2D eigenvalue weighted by Gasteiger charge is -2.13. The van der Waals surface area contributed by atoms with Crippen LogP contribution in [0.3, 0.4) is 0 Å². The third-order valence-corrected chi connectivity index (χ3v) is 4.57. The van der Waals surface area contributed by atoms with Gasteiger partial charge in [0.05, 0.1) is 29.2 Å². The van der Waals surface area contributed by atoms with E-state index in [1.54, 1.807) is 18.2 Å². The van der Waals surface area contributed by atoms with E-state index in [1.807, 2.05) is 21.0 Å². The highest BCUT2D eigenvalue weighted by molar-refractivity contribution is 7.94. The molecule has 1 heterocycles. The molecule has 0 atom stereocenters. The summed E-state index contributed by atoms with van der Waals surface area (Å²) < 4.78 is 4.54. The molecule has 0 aliphatic heterocycles. The summed E-state index contributed by atoms with van der Waals surface area (Å²) in [7, 11) is 3.97. The first-order chi connectivity index (χ1) is 15.4. The number of nitrogens with one attached hydrogen (secondary N) is 5. The van der Waals surface area contributed by atoms with E-state index < -0.39 is 5.69 Å². The zero-order valence-corrected chi connectivity index (χ0v) is 18.9. The molecule has 13 nitrogen and oxygen atoms in total. The van der Waals surface area contributed by atoms with Gasteiger partial charge in [-0.3, -0.25) is 9.78 Å². The molecule has 0 radical (unpaired) electrons. The molecule has 2 rings (SSSR count). The lowest BCUT2D eigenvalue weighted by Crippen LogP contribution is -2.29. The minimum Gasteiger partial charge on any atom is -0.375 e. The number of nitrogens with zero attached hydrogens (tertiary/aromatic N) is 3. The number of aromatic nitrogens is 3. The van der Waals surface area contributed by atoms with Crippen molar-refractivity contribution in [2.24, 2.45) is 0 Å². The van der Waals surface area contributed by atoms with Crippen LogP contribution >= 0.6 is 12.0 Å². The summed E-state index contributed by atoms with van der Waals surface area (Å²) in [5.74, 6) is 0.231. The van der Waals surface area contributed by atoms with Crippen molar-refractivity contribution in [1.29, 1.82) is 0 Å². The highest BCUT2D eigenvalue weighted by Crippen LogP contribution is 2.31. The maximum atomic E-state index is 11.9. The zero-order valence-electron chi connectivity index (χ0n) is 18.1. The lowest BCUT2D eigenvalue weighted by molar-refractivity contribution is -0.432. The number of H-pyrrole nitrogens is 1. The van der Waals surface area contributed by atoms with Crippen LogP contribution in [0.15, 0.2) is 27.9 Å². The van der Waals surface area contributed by atoms with Crippen LogP contribution in [-0.2, 0) is 14.2 Å². The second-order valence-corrected chi connectivity index (χ2v) is 7.52. The van der Waals surface area contributed by atoms with E-state index >= 15 is 0 Å². The molecular weight excluding hydrogens is 440 g/mol. The first kappa shape index (κ1) is 25.4. The average Bonchev–Trinajstić information content (AvgIpc) is 2.74. The molecule has 0 saturated heterocycles. The van der Waals surface area contributed by atoms with Crippen molar-refractivity contribution in [1.82, 2.24) is 25.2 Å². The quantitative estimate of drug-likeness (QED) is 0.102. The minimum atomic E-state index is -0.551. The van der Waals surface area contributed by atoms with Gasteiger partial charge in [0.2, 0.25) is 17.8 Å². The molecule has 0 unspecified atom stereocenters. The summed E-state index contributed by atoms with van der Waals surface area (Å²) in [6.07, 6.45) is 0.865. The fourth-order valence-corrected chi connectivity index (χ4v) is 3.07. The first-order valence-electron chi connectivity index (χ1n) is 9.84. The van der Waals surface area contributed by atoms with Crippen LogP contribution in [0.1, 0.15) is 13.3 Å². The van der Waals surface area contributed by atoms with E-state index in [0.29, 0.717) is 29.4 Å². The molecule has 1 aromatic carbocycles. The topological polar surface area (TPSA) is 166 Å². The molecule has 32 heavy (non-hydrogen) atoms. The predicted molar refractivity (Wildman–Crippen MR) is 122 cm³/mol. The van der Waals surface area contributed by atoms with E-state index in [4.69, 9.17) is 5.26 Å². The maximum absolute atomic E-state index is 11.9. The van der Waals surface area contributed by atoms with Crippen molar-refractivity contribution >= 4 is 41.2 Å². The monoisotopic (exact) mass is 468 g/mol. The Morgan fingerprint density at radius 1 is 1.28 bits per heavy atom. The van der Waals surface area contributed by atoms with Crippen LogP contribution in [-0.4, -0.2) is 71.3 Å². The number of aromatic amines is 1. The molecule has 1 amide bonds. The number of anilines is 4. The Morgan fingerprint density at radius 2 is 2.09 bits per heavy atom. The average molecular weight is 469 g/mol. The van der Waals surface area contributed by atoms with E-state index in [-0.39, 0.29) is 24.3 Å². The smallest absolute Gasteiger partial charge is 0.351 e. The molecule has 176 valence electrons. The highest BCUT2D eigenvalue weighted by Gasteiger charge is 2.10. The molecule has 2 aromatic rings. The van der Waals surface area contributed by atoms with Crippen LogP contribution < -0.4 is 27.0 Å². The normalized spacial score (nSPS) is 10.8. The summed E-state index contributed by atoms with van der Waals surface area (Å²) >= 11 is 0.732. The van der Waals surface area contributed by atoms with Gasteiger partial charge in [0.1, 0.15) is 0 Å². The second-order valence-electron chi connectivity index (χ2n) is 6.78. The Labute approximate surface area is 189 Å². The van der Waals surface area contributed by atoms with Gasteiger partial charge < -0.3 is 26.2 Å². The summed E-state index contributed by atoms with van der Waals surface area (Å²) in [5, 5.41) is 23.8. The zero-order chi connectivity index (χ0) is 23.3. The molecule has 0 saturated carbocycles. The molecule has 6 N–H and O–H groups in total. The van der Waals surface area contributed by atoms with Crippen molar-refractivity contribution in [2.75, 3.05) is 56.2 Å². The number of hydrogen-bond acceptors (Lipinski definition) is 12. The molecule has 0 aliphatic rings. The standard InChI is InChI=1S/C18H28N8O5S/c1-4-19-15(27)11-21-13-7-6-12(10-14(13)32-31-30-29)22-17-23-16(24-18(28)25-17)20-8-5-9-26(2)3/h6-7,10,21,29H,4-5,8-9,11H2,1-3H3,(H,19,27)(H3,20,22,23,24,25,28). The van der Waals surface area contributed by atoms with E-state index in [2.05, 4.69) is 50.5 Å². The third kappa shape index (κ3) is 9.07.